The van der Waals surface area contributed by atoms with E-state index in [1.807, 2.05) is 83.8 Å². The second-order valence-corrected chi connectivity index (χ2v) is 8.18. The van der Waals surface area contributed by atoms with E-state index >= 15 is 0 Å². The number of carbonyl (C=O) groups is 2. The number of anilines is 1. The highest BCUT2D eigenvalue weighted by Crippen LogP contribution is 2.27. The van der Waals surface area contributed by atoms with Crippen molar-refractivity contribution >= 4 is 17.5 Å². The van der Waals surface area contributed by atoms with Crippen LogP contribution in [-0.4, -0.2) is 49.4 Å². The topological polar surface area (TPSA) is 53.9 Å². The minimum absolute atomic E-state index is 0.0213. The Morgan fingerprint density at radius 2 is 1.38 bits per heavy atom. The monoisotopic (exact) mass is 428 g/mol. The van der Waals surface area contributed by atoms with Crippen molar-refractivity contribution in [2.45, 2.75) is 12.8 Å². The van der Waals surface area contributed by atoms with E-state index < -0.39 is 5.92 Å². The standard InChI is InChI=1S/C27H29N3O2/c1-2-29-17-19-30(20-18-29)27(32)23-15-9-10-16-24(23)28-26(31)25(21-11-5-3-6-12-21)22-13-7-4-8-14-22/h3-16,25H,2,17-20H2,1H3,(H,28,31)/p+1. The highest BCUT2D eigenvalue weighted by atomic mass is 16.2. The van der Waals surface area contributed by atoms with Crippen LogP contribution in [0.5, 0.6) is 0 Å². The molecular formula is C27H30N3O2+. The Morgan fingerprint density at radius 1 is 0.844 bits per heavy atom. The maximum Gasteiger partial charge on any atom is 0.256 e. The predicted octanol–water partition coefficient (Wildman–Crippen LogP) is 2.82. The molecule has 1 fully saturated rings. The minimum Gasteiger partial charge on any atom is -0.332 e. The lowest BCUT2D eigenvalue weighted by molar-refractivity contribution is -0.902. The largest absolute Gasteiger partial charge is 0.332 e. The zero-order chi connectivity index (χ0) is 22.3. The van der Waals surface area contributed by atoms with Gasteiger partial charge in [0.2, 0.25) is 5.91 Å². The van der Waals surface area contributed by atoms with Crippen molar-refractivity contribution in [3.05, 3.63) is 102 Å². The molecule has 32 heavy (non-hydrogen) atoms. The number of carbonyl (C=O) groups excluding carboxylic acids is 2. The summed E-state index contributed by atoms with van der Waals surface area (Å²) in [5, 5.41) is 3.06. The molecule has 5 heteroatoms. The third kappa shape index (κ3) is 4.89. The van der Waals surface area contributed by atoms with Crippen molar-refractivity contribution in [3.8, 4) is 0 Å². The Morgan fingerprint density at radius 3 is 1.94 bits per heavy atom. The molecule has 0 atom stereocenters. The Hall–Kier alpha value is -3.44. The smallest absolute Gasteiger partial charge is 0.256 e. The number of hydrogen-bond donors (Lipinski definition) is 2. The molecular weight excluding hydrogens is 398 g/mol. The number of benzene rings is 3. The van der Waals surface area contributed by atoms with Gasteiger partial charge in [0, 0.05) is 0 Å². The third-order valence-electron chi connectivity index (χ3n) is 6.20. The number of amides is 2. The highest BCUT2D eigenvalue weighted by molar-refractivity contribution is 6.05. The van der Waals surface area contributed by atoms with Crippen molar-refractivity contribution in [3.63, 3.8) is 0 Å². The molecule has 1 aliphatic rings. The number of nitrogens with zero attached hydrogens (tertiary/aromatic N) is 1. The average Bonchev–Trinajstić information content (AvgIpc) is 2.85. The molecule has 4 rings (SSSR count). The fourth-order valence-corrected chi connectivity index (χ4v) is 4.32. The lowest BCUT2D eigenvalue weighted by Crippen LogP contribution is -3.14. The molecule has 1 saturated heterocycles. The first kappa shape index (κ1) is 21.8. The normalized spacial score (nSPS) is 14.4. The lowest BCUT2D eigenvalue weighted by Gasteiger charge is -2.32. The molecule has 3 aromatic rings. The Labute approximate surface area is 189 Å². The third-order valence-corrected chi connectivity index (χ3v) is 6.20. The van der Waals surface area contributed by atoms with Crippen LogP contribution in [0.1, 0.15) is 34.3 Å². The van der Waals surface area contributed by atoms with Gasteiger partial charge in [-0.1, -0.05) is 72.8 Å². The quantitative estimate of drug-likeness (QED) is 0.634. The van der Waals surface area contributed by atoms with Crippen LogP contribution in [0.25, 0.3) is 0 Å². The molecule has 0 saturated carbocycles. The first-order valence-corrected chi connectivity index (χ1v) is 11.3. The van der Waals surface area contributed by atoms with Crippen LogP contribution in [-0.2, 0) is 4.79 Å². The average molecular weight is 429 g/mol. The number of likely N-dealkylation sites (N-methyl/N-ethyl adjacent to an activating group) is 1. The van der Waals surface area contributed by atoms with E-state index in [1.54, 1.807) is 6.07 Å². The van der Waals surface area contributed by atoms with E-state index in [0.29, 0.717) is 11.3 Å². The fraction of sp³-hybridized carbons (Fsp3) is 0.259. The summed E-state index contributed by atoms with van der Waals surface area (Å²) in [6.45, 7) is 6.65. The van der Waals surface area contributed by atoms with Crippen molar-refractivity contribution in [2.24, 2.45) is 0 Å². The number of hydrogen-bond acceptors (Lipinski definition) is 2. The molecule has 2 N–H and O–H groups in total. The lowest BCUT2D eigenvalue weighted by atomic mass is 9.90. The Kier molecular flexibility index (Phi) is 6.97. The molecule has 0 bridgehead atoms. The second kappa shape index (κ2) is 10.2. The molecule has 2 amide bonds. The summed E-state index contributed by atoms with van der Waals surface area (Å²) < 4.78 is 0. The van der Waals surface area contributed by atoms with Crippen molar-refractivity contribution in [1.29, 1.82) is 0 Å². The van der Waals surface area contributed by atoms with Gasteiger partial charge in [-0.15, -0.1) is 0 Å². The van der Waals surface area contributed by atoms with Crippen LogP contribution in [0.3, 0.4) is 0 Å². The van der Waals surface area contributed by atoms with Gasteiger partial charge in [0.15, 0.2) is 0 Å². The summed E-state index contributed by atoms with van der Waals surface area (Å²) in [6.07, 6.45) is 0. The molecule has 1 aliphatic heterocycles. The Balaban J connectivity index is 1.58. The van der Waals surface area contributed by atoms with Gasteiger partial charge in [-0.3, -0.25) is 9.59 Å². The van der Waals surface area contributed by atoms with Crippen LogP contribution >= 0.6 is 0 Å². The van der Waals surface area contributed by atoms with Crippen LogP contribution in [0, 0.1) is 0 Å². The summed E-state index contributed by atoms with van der Waals surface area (Å²) in [6, 6.07) is 26.8. The maximum absolute atomic E-state index is 13.5. The summed E-state index contributed by atoms with van der Waals surface area (Å²) in [5.74, 6) is -0.632. The summed E-state index contributed by atoms with van der Waals surface area (Å²) in [5.41, 5.74) is 2.93. The van der Waals surface area contributed by atoms with Crippen molar-refractivity contribution < 1.29 is 14.5 Å². The van der Waals surface area contributed by atoms with Gasteiger partial charge in [-0.2, -0.15) is 0 Å². The number of rotatable bonds is 6. The molecule has 5 nitrogen and oxygen atoms in total. The van der Waals surface area contributed by atoms with Gasteiger partial charge in [0.25, 0.3) is 5.91 Å². The van der Waals surface area contributed by atoms with Gasteiger partial charge in [0.1, 0.15) is 0 Å². The van der Waals surface area contributed by atoms with Gasteiger partial charge in [-0.05, 0) is 30.2 Å². The first-order valence-electron chi connectivity index (χ1n) is 11.3. The van der Waals surface area contributed by atoms with Crippen LogP contribution in [0.2, 0.25) is 0 Å². The number of quaternary nitrogens is 1. The minimum atomic E-state index is -0.461. The predicted molar refractivity (Wildman–Crippen MR) is 127 cm³/mol. The van der Waals surface area contributed by atoms with Gasteiger partial charge < -0.3 is 15.1 Å². The van der Waals surface area contributed by atoms with Gasteiger partial charge >= 0.3 is 0 Å². The summed E-state index contributed by atoms with van der Waals surface area (Å²) in [4.78, 5) is 30.2. The fourth-order valence-electron chi connectivity index (χ4n) is 4.32. The number of para-hydroxylation sites is 1. The van der Waals surface area contributed by atoms with Crippen molar-refractivity contribution in [1.82, 2.24) is 4.90 Å². The Bertz CT molecular complexity index is 1010. The van der Waals surface area contributed by atoms with E-state index in [-0.39, 0.29) is 11.8 Å². The second-order valence-electron chi connectivity index (χ2n) is 8.18. The summed E-state index contributed by atoms with van der Waals surface area (Å²) >= 11 is 0. The molecule has 0 unspecified atom stereocenters. The molecule has 1 heterocycles. The van der Waals surface area contributed by atoms with Gasteiger partial charge in [-0.25, -0.2) is 0 Å². The number of piperazine rings is 1. The molecule has 164 valence electrons. The highest BCUT2D eigenvalue weighted by Gasteiger charge is 2.27. The van der Waals surface area contributed by atoms with E-state index in [0.717, 1.165) is 43.9 Å². The van der Waals surface area contributed by atoms with Crippen LogP contribution in [0.15, 0.2) is 84.9 Å². The number of nitrogens with one attached hydrogen (secondary N) is 2. The van der Waals surface area contributed by atoms with E-state index in [2.05, 4.69) is 12.2 Å². The zero-order valence-corrected chi connectivity index (χ0v) is 18.5. The molecule has 0 aromatic heterocycles. The summed E-state index contributed by atoms with van der Waals surface area (Å²) in [7, 11) is 0. The van der Waals surface area contributed by atoms with E-state index in [9.17, 15) is 9.59 Å². The SMILES string of the molecule is CC[NH+]1CCN(C(=O)c2ccccc2NC(=O)C(c2ccccc2)c2ccccc2)CC1. The van der Waals surface area contributed by atoms with E-state index in [4.69, 9.17) is 0 Å². The van der Waals surface area contributed by atoms with E-state index in [1.165, 1.54) is 4.90 Å². The molecule has 0 aliphatic carbocycles. The molecule has 3 aromatic carbocycles. The molecule has 0 radical (unpaired) electrons. The van der Waals surface area contributed by atoms with Crippen LogP contribution < -0.4 is 10.2 Å². The first-order chi connectivity index (χ1) is 15.7. The zero-order valence-electron chi connectivity index (χ0n) is 18.5. The van der Waals surface area contributed by atoms with Crippen LogP contribution in [0.4, 0.5) is 5.69 Å². The van der Waals surface area contributed by atoms with Gasteiger partial charge in [0.05, 0.1) is 49.9 Å². The molecule has 0 spiro atoms. The maximum atomic E-state index is 13.5. The van der Waals surface area contributed by atoms with Crippen molar-refractivity contribution in [2.75, 3.05) is 38.0 Å².